The van der Waals surface area contributed by atoms with E-state index in [1.165, 1.54) is 12.7 Å². The van der Waals surface area contributed by atoms with Gasteiger partial charge in [-0.15, -0.1) is 0 Å². The van der Waals surface area contributed by atoms with E-state index in [0.29, 0.717) is 29.0 Å². The Bertz CT molecular complexity index is 722. The zero-order valence-corrected chi connectivity index (χ0v) is 14.5. The van der Waals surface area contributed by atoms with Gasteiger partial charge < -0.3 is 10.2 Å². The number of piperidine rings is 1. The lowest BCUT2D eigenvalue weighted by Gasteiger charge is -2.30. The van der Waals surface area contributed by atoms with E-state index in [1.807, 2.05) is 29.2 Å². The van der Waals surface area contributed by atoms with Crippen molar-refractivity contribution in [1.82, 2.24) is 14.9 Å². The highest BCUT2D eigenvalue weighted by atomic mass is 35.5. The van der Waals surface area contributed by atoms with Gasteiger partial charge in [0.2, 0.25) is 0 Å². The van der Waals surface area contributed by atoms with Crippen LogP contribution in [0, 0.1) is 5.92 Å². The minimum atomic E-state index is -0.0234. The molecule has 2 heterocycles. The monoisotopic (exact) mass is 344 g/mol. The number of hydrogen-bond donors (Lipinski definition) is 1. The highest BCUT2D eigenvalue weighted by Crippen LogP contribution is 2.19. The van der Waals surface area contributed by atoms with Gasteiger partial charge >= 0.3 is 0 Å². The SMILES string of the molecule is CC1CCCN(C(=O)c2cc(NCc3ccccc3Cl)ncn2)C1. The molecule has 126 valence electrons. The number of nitrogens with zero attached hydrogens (tertiary/aromatic N) is 3. The summed E-state index contributed by atoms with van der Waals surface area (Å²) in [5.41, 5.74) is 1.41. The van der Waals surface area contributed by atoms with Crippen molar-refractivity contribution < 1.29 is 4.79 Å². The molecule has 1 aliphatic rings. The van der Waals surface area contributed by atoms with Gasteiger partial charge in [-0.05, 0) is 30.4 Å². The fourth-order valence-electron chi connectivity index (χ4n) is 2.93. The minimum Gasteiger partial charge on any atom is -0.366 e. The smallest absolute Gasteiger partial charge is 0.272 e. The molecule has 1 fully saturated rings. The van der Waals surface area contributed by atoms with E-state index in [0.717, 1.165) is 25.1 Å². The molecule has 1 amide bonds. The van der Waals surface area contributed by atoms with E-state index in [-0.39, 0.29) is 5.91 Å². The van der Waals surface area contributed by atoms with Crippen molar-refractivity contribution >= 4 is 23.3 Å². The maximum Gasteiger partial charge on any atom is 0.272 e. The second kappa shape index (κ2) is 7.62. The van der Waals surface area contributed by atoms with Crippen molar-refractivity contribution in [3.8, 4) is 0 Å². The molecule has 0 bridgehead atoms. The first-order valence-corrected chi connectivity index (χ1v) is 8.60. The van der Waals surface area contributed by atoms with Crippen LogP contribution in [0.3, 0.4) is 0 Å². The first-order chi connectivity index (χ1) is 11.6. The molecule has 1 aliphatic heterocycles. The molecule has 3 rings (SSSR count). The van der Waals surface area contributed by atoms with Crippen LogP contribution in [-0.4, -0.2) is 33.9 Å². The number of halogens is 1. The van der Waals surface area contributed by atoms with Gasteiger partial charge in [0, 0.05) is 30.7 Å². The highest BCUT2D eigenvalue weighted by molar-refractivity contribution is 6.31. The Morgan fingerprint density at radius 3 is 3.00 bits per heavy atom. The predicted molar refractivity (Wildman–Crippen MR) is 95.1 cm³/mol. The lowest BCUT2D eigenvalue weighted by Crippen LogP contribution is -2.39. The van der Waals surface area contributed by atoms with Gasteiger partial charge in [0.15, 0.2) is 0 Å². The number of benzene rings is 1. The second-order valence-corrected chi connectivity index (χ2v) is 6.64. The van der Waals surface area contributed by atoms with Crippen LogP contribution in [0.2, 0.25) is 5.02 Å². The molecular formula is C18H21ClN4O. The van der Waals surface area contributed by atoms with Crippen molar-refractivity contribution in [1.29, 1.82) is 0 Å². The van der Waals surface area contributed by atoms with Crippen molar-refractivity contribution in [2.75, 3.05) is 18.4 Å². The number of hydrogen-bond acceptors (Lipinski definition) is 4. The summed E-state index contributed by atoms with van der Waals surface area (Å²) in [4.78, 5) is 22.8. The number of carbonyl (C=O) groups excluding carboxylic acids is 1. The summed E-state index contributed by atoms with van der Waals surface area (Å²) in [5.74, 6) is 1.14. The normalized spacial score (nSPS) is 17.6. The van der Waals surface area contributed by atoms with Crippen LogP contribution in [0.4, 0.5) is 5.82 Å². The van der Waals surface area contributed by atoms with Crippen molar-refractivity contribution in [3.63, 3.8) is 0 Å². The molecule has 1 saturated heterocycles. The lowest BCUT2D eigenvalue weighted by molar-refractivity contribution is 0.0677. The molecule has 1 aromatic carbocycles. The van der Waals surface area contributed by atoms with E-state index in [9.17, 15) is 4.79 Å². The summed E-state index contributed by atoms with van der Waals surface area (Å²) >= 11 is 6.15. The number of carbonyl (C=O) groups is 1. The Morgan fingerprint density at radius 2 is 2.21 bits per heavy atom. The number of anilines is 1. The molecule has 1 aromatic heterocycles. The maximum atomic E-state index is 12.6. The maximum absolute atomic E-state index is 12.6. The third-order valence-electron chi connectivity index (χ3n) is 4.25. The molecule has 1 atom stereocenters. The number of nitrogens with one attached hydrogen (secondary N) is 1. The van der Waals surface area contributed by atoms with Crippen molar-refractivity contribution in [3.05, 3.63) is 52.9 Å². The molecule has 24 heavy (non-hydrogen) atoms. The molecule has 0 spiro atoms. The van der Waals surface area contributed by atoms with Gasteiger partial charge in [-0.1, -0.05) is 36.7 Å². The molecular weight excluding hydrogens is 324 g/mol. The summed E-state index contributed by atoms with van der Waals surface area (Å²) in [5, 5.41) is 3.91. The molecule has 0 saturated carbocycles. The van der Waals surface area contributed by atoms with Gasteiger partial charge in [0.05, 0.1) is 0 Å². The molecule has 0 radical (unpaired) electrons. The first-order valence-electron chi connectivity index (χ1n) is 8.22. The minimum absolute atomic E-state index is 0.0234. The Kier molecular flexibility index (Phi) is 5.30. The standard InChI is InChI=1S/C18H21ClN4O/c1-13-5-4-8-23(11-13)18(24)16-9-17(22-12-21-16)20-10-14-6-2-3-7-15(14)19/h2-3,6-7,9,12-13H,4-5,8,10-11H2,1H3,(H,20,21,22). The van der Waals surface area contributed by atoms with E-state index in [4.69, 9.17) is 11.6 Å². The van der Waals surface area contributed by atoms with Crippen molar-refractivity contribution in [2.45, 2.75) is 26.3 Å². The van der Waals surface area contributed by atoms with Gasteiger partial charge in [-0.25, -0.2) is 9.97 Å². The molecule has 1 N–H and O–H groups in total. The van der Waals surface area contributed by atoms with Crippen LogP contribution >= 0.6 is 11.6 Å². The highest BCUT2D eigenvalue weighted by Gasteiger charge is 2.23. The summed E-state index contributed by atoms with van der Waals surface area (Å²) < 4.78 is 0. The van der Waals surface area contributed by atoms with Crippen LogP contribution in [0.1, 0.15) is 35.8 Å². The summed E-state index contributed by atoms with van der Waals surface area (Å²) in [7, 11) is 0. The van der Waals surface area contributed by atoms with E-state index in [1.54, 1.807) is 6.07 Å². The van der Waals surface area contributed by atoms with Gasteiger partial charge in [0.1, 0.15) is 17.8 Å². The Morgan fingerprint density at radius 1 is 1.38 bits per heavy atom. The largest absolute Gasteiger partial charge is 0.366 e. The zero-order valence-electron chi connectivity index (χ0n) is 13.7. The number of aromatic nitrogens is 2. The van der Waals surface area contributed by atoms with Gasteiger partial charge in [-0.2, -0.15) is 0 Å². The Balaban J connectivity index is 1.67. The first kappa shape index (κ1) is 16.7. The molecule has 6 heteroatoms. The van der Waals surface area contributed by atoms with Crippen LogP contribution in [0.25, 0.3) is 0 Å². The third-order valence-corrected chi connectivity index (χ3v) is 4.62. The average Bonchev–Trinajstić information content (AvgIpc) is 2.61. The van der Waals surface area contributed by atoms with Crippen LogP contribution in [0.15, 0.2) is 36.7 Å². The summed E-state index contributed by atoms with van der Waals surface area (Å²) in [6.07, 6.45) is 3.66. The fraction of sp³-hybridized carbons (Fsp3) is 0.389. The topological polar surface area (TPSA) is 58.1 Å². The Labute approximate surface area is 147 Å². The molecule has 5 nitrogen and oxygen atoms in total. The number of likely N-dealkylation sites (tertiary alicyclic amines) is 1. The molecule has 0 aliphatic carbocycles. The third kappa shape index (κ3) is 4.03. The van der Waals surface area contributed by atoms with Crippen LogP contribution in [-0.2, 0) is 6.54 Å². The van der Waals surface area contributed by atoms with E-state index < -0.39 is 0 Å². The summed E-state index contributed by atoms with van der Waals surface area (Å²) in [6, 6.07) is 9.35. The van der Waals surface area contributed by atoms with E-state index in [2.05, 4.69) is 22.2 Å². The average molecular weight is 345 g/mol. The quantitative estimate of drug-likeness (QED) is 0.920. The summed E-state index contributed by atoms with van der Waals surface area (Å²) in [6.45, 7) is 4.32. The fourth-order valence-corrected chi connectivity index (χ4v) is 3.14. The van der Waals surface area contributed by atoms with Crippen LogP contribution in [0.5, 0.6) is 0 Å². The Hall–Kier alpha value is -2.14. The van der Waals surface area contributed by atoms with Crippen molar-refractivity contribution in [2.24, 2.45) is 5.92 Å². The lowest BCUT2D eigenvalue weighted by atomic mass is 10.00. The number of rotatable bonds is 4. The van der Waals surface area contributed by atoms with Crippen LogP contribution < -0.4 is 5.32 Å². The number of amides is 1. The van der Waals surface area contributed by atoms with Gasteiger partial charge in [-0.3, -0.25) is 4.79 Å². The van der Waals surface area contributed by atoms with E-state index >= 15 is 0 Å². The van der Waals surface area contributed by atoms with Gasteiger partial charge in [0.25, 0.3) is 5.91 Å². The molecule has 2 aromatic rings. The zero-order chi connectivity index (χ0) is 16.9. The second-order valence-electron chi connectivity index (χ2n) is 6.23. The predicted octanol–water partition coefficient (Wildman–Crippen LogP) is 3.61. The molecule has 1 unspecified atom stereocenters.